The van der Waals surface area contributed by atoms with Crippen molar-refractivity contribution in [2.75, 3.05) is 13.1 Å². The molecule has 28 heavy (non-hydrogen) atoms. The molecule has 0 aromatic heterocycles. The molecule has 0 unspecified atom stereocenters. The highest BCUT2D eigenvalue weighted by Crippen LogP contribution is 2.31. The summed E-state index contributed by atoms with van der Waals surface area (Å²) in [4.78, 5) is 36.9. The van der Waals surface area contributed by atoms with Gasteiger partial charge in [-0.05, 0) is 53.7 Å². The number of carbonyl (C=O) groups is 3. The topological polar surface area (TPSA) is 113 Å². The van der Waals surface area contributed by atoms with Crippen LogP contribution in [0, 0.1) is 0 Å². The number of phenols is 2. The van der Waals surface area contributed by atoms with Crippen molar-refractivity contribution >= 4 is 18.2 Å². The molecule has 0 spiro atoms. The van der Waals surface area contributed by atoms with Crippen molar-refractivity contribution in [1.29, 1.82) is 0 Å². The fourth-order valence-electron chi connectivity index (χ4n) is 2.40. The van der Waals surface area contributed by atoms with Crippen molar-refractivity contribution in [3.8, 4) is 11.5 Å². The van der Waals surface area contributed by atoms with Gasteiger partial charge in [0.1, 0.15) is 22.7 Å². The van der Waals surface area contributed by atoms with Gasteiger partial charge in [0.25, 0.3) is 0 Å². The van der Waals surface area contributed by atoms with Crippen molar-refractivity contribution in [3.63, 3.8) is 0 Å². The third-order valence-electron chi connectivity index (χ3n) is 3.34. The molecule has 0 aliphatic heterocycles. The minimum atomic E-state index is -0.712. The number of nitrogens with zero attached hydrogens (tertiary/aromatic N) is 1. The van der Waals surface area contributed by atoms with Gasteiger partial charge in [-0.1, -0.05) is 0 Å². The number of aromatic hydroxyl groups is 2. The normalized spacial score (nSPS) is 12.0. The summed E-state index contributed by atoms with van der Waals surface area (Å²) >= 11 is 0. The Morgan fingerprint density at radius 1 is 0.964 bits per heavy atom. The van der Waals surface area contributed by atoms with Crippen molar-refractivity contribution in [3.05, 3.63) is 23.3 Å². The number of ether oxygens (including phenoxy) is 2. The first kappa shape index (κ1) is 23.4. The SMILES string of the molecule is CC(C)(C)OC(=O)CN(CC(=O)OC(C)(C)C)Cc1c(O)ccc(C=O)c1O. The monoisotopic (exact) mass is 395 g/mol. The molecule has 1 rings (SSSR count). The summed E-state index contributed by atoms with van der Waals surface area (Å²) in [6.07, 6.45) is 0.449. The number of carbonyl (C=O) groups excluding carboxylic acids is 3. The lowest BCUT2D eigenvalue weighted by atomic mass is 10.1. The van der Waals surface area contributed by atoms with Crippen molar-refractivity contribution in [2.45, 2.75) is 59.3 Å². The average molecular weight is 395 g/mol. The molecule has 0 saturated heterocycles. The number of phenolic OH excluding ortho intramolecular Hbond substituents is 2. The van der Waals surface area contributed by atoms with Crippen LogP contribution < -0.4 is 0 Å². The maximum atomic E-state index is 12.2. The van der Waals surface area contributed by atoms with Crippen LogP contribution in [0.15, 0.2) is 12.1 Å². The number of aldehydes is 1. The van der Waals surface area contributed by atoms with Gasteiger partial charge in [-0.25, -0.2) is 0 Å². The largest absolute Gasteiger partial charge is 0.507 e. The fraction of sp³-hybridized carbons (Fsp3) is 0.550. The van der Waals surface area contributed by atoms with E-state index in [9.17, 15) is 24.6 Å². The summed E-state index contributed by atoms with van der Waals surface area (Å²) in [7, 11) is 0. The summed E-state index contributed by atoms with van der Waals surface area (Å²) in [5.41, 5.74) is -1.41. The maximum absolute atomic E-state index is 12.2. The highest BCUT2D eigenvalue weighted by Gasteiger charge is 2.25. The van der Waals surface area contributed by atoms with Gasteiger partial charge in [-0.2, -0.15) is 0 Å². The number of hydrogen-bond donors (Lipinski definition) is 2. The van der Waals surface area contributed by atoms with Gasteiger partial charge in [0.2, 0.25) is 0 Å². The Morgan fingerprint density at radius 3 is 1.82 bits per heavy atom. The van der Waals surface area contributed by atoms with Gasteiger partial charge in [-0.3, -0.25) is 19.3 Å². The lowest BCUT2D eigenvalue weighted by Gasteiger charge is -2.26. The van der Waals surface area contributed by atoms with Gasteiger partial charge < -0.3 is 19.7 Å². The zero-order valence-corrected chi connectivity index (χ0v) is 17.2. The molecule has 0 saturated carbocycles. The van der Waals surface area contributed by atoms with Crippen LogP contribution in [-0.4, -0.2) is 57.6 Å². The zero-order chi connectivity index (χ0) is 21.7. The first-order valence-corrected chi connectivity index (χ1v) is 8.87. The molecule has 0 atom stereocenters. The second-order valence-corrected chi connectivity index (χ2v) is 8.44. The predicted molar refractivity (Wildman–Crippen MR) is 102 cm³/mol. The van der Waals surface area contributed by atoms with E-state index in [1.165, 1.54) is 17.0 Å². The minimum Gasteiger partial charge on any atom is -0.507 e. The van der Waals surface area contributed by atoms with Crippen molar-refractivity contribution < 1.29 is 34.1 Å². The first-order valence-electron chi connectivity index (χ1n) is 8.87. The van der Waals surface area contributed by atoms with Gasteiger partial charge in [0, 0.05) is 6.54 Å². The van der Waals surface area contributed by atoms with Crippen LogP contribution in [0.5, 0.6) is 11.5 Å². The molecule has 2 N–H and O–H groups in total. The van der Waals surface area contributed by atoms with Crippen LogP contribution in [-0.2, 0) is 25.6 Å². The maximum Gasteiger partial charge on any atom is 0.320 e. The molecule has 0 fully saturated rings. The van der Waals surface area contributed by atoms with Crippen LogP contribution >= 0.6 is 0 Å². The molecule has 1 aromatic rings. The molecule has 8 nitrogen and oxygen atoms in total. The summed E-state index contributed by atoms with van der Waals surface area (Å²) in [5.74, 6) is -1.84. The van der Waals surface area contributed by atoms with Crippen LogP contribution in [0.3, 0.4) is 0 Å². The fourth-order valence-corrected chi connectivity index (χ4v) is 2.40. The molecule has 0 radical (unpaired) electrons. The number of benzene rings is 1. The summed E-state index contributed by atoms with van der Waals surface area (Å²) < 4.78 is 10.6. The summed E-state index contributed by atoms with van der Waals surface area (Å²) in [6.45, 7) is 9.58. The third-order valence-corrected chi connectivity index (χ3v) is 3.34. The van der Waals surface area contributed by atoms with E-state index >= 15 is 0 Å². The van der Waals surface area contributed by atoms with E-state index in [-0.39, 0.29) is 36.5 Å². The van der Waals surface area contributed by atoms with Gasteiger partial charge >= 0.3 is 11.9 Å². The quantitative estimate of drug-likeness (QED) is 0.534. The van der Waals surface area contributed by atoms with E-state index in [0.717, 1.165) is 0 Å². The van der Waals surface area contributed by atoms with E-state index in [2.05, 4.69) is 0 Å². The van der Waals surface area contributed by atoms with E-state index < -0.39 is 28.9 Å². The zero-order valence-electron chi connectivity index (χ0n) is 17.2. The van der Waals surface area contributed by atoms with Crippen molar-refractivity contribution in [2.24, 2.45) is 0 Å². The predicted octanol–water partition coefficient (Wildman–Crippen LogP) is 2.40. The lowest BCUT2D eigenvalue weighted by molar-refractivity contribution is -0.160. The van der Waals surface area contributed by atoms with Crippen LogP contribution in [0.4, 0.5) is 0 Å². The Hall–Kier alpha value is -2.61. The Bertz CT molecular complexity index is 699. The molecular formula is C20H29NO7. The van der Waals surface area contributed by atoms with Crippen molar-refractivity contribution in [1.82, 2.24) is 4.90 Å². The molecule has 0 aliphatic carbocycles. The molecule has 8 heteroatoms. The molecule has 0 amide bonds. The lowest BCUT2D eigenvalue weighted by Crippen LogP contribution is -2.39. The number of hydrogen-bond acceptors (Lipinski definition) is 8. The van der Waals surface area contributed by atoms with Gasteiger partial charge in [-0.15, -0.1) is 0 Å². The molecule has 0 aliphatic rings. The summed E-state index contributed by atoms with van der Waals surface area (Å²) in [5, 5.41) is 20.3. The minimum absolute atomic E-state index is 0.0118. The number of rotatable bonds is 7. The second kappa shape index (κ2) is 9.05. The molecule has 1 aromatic carbocycles. The first-order chi connectivity index (χ1) is 12.7. The Labute approximate surface area is 165 Å². The molecule has 0 heterocycles. The third kappa shape index (κ3) is 7.96. The highest BCUT2D eigenvalue weighted by molar-refractivity contribution is 5.81. The summed E-state index contributed by atoms with van der Waals surface area (Å²) in [6, 6.07) is 2.53. The van der Waals surface area contributed by atoms with Crippen LogP contribution in [0.2, 0.25) is 0 Å². The highest BCUT2D eigenvalue weighted by atomic mass is 16.6. The Morgan fingerprint density at radius 2 is 1.43 bits per heavy atom. The Kier molecular flexibility index (Phi) is 7.58. The standard InChI is InChI=1S/C20H29NO7/c1-19(2,3)27-16(24)10-21(11-17(25)28-20(4,5)6)9-14-15(23)8-7-13(12-22)18(14)26/h7-8,12,23,26H,9-11H2,1-6H3. The number of esters is 2. The van der Waals surface area contributed by atoms with Gasteiger partial charge in [0.05, 0.1) is 24.2 Å². The van der Waals surface area contributed by atoms with Crippen LogP contribution in [0.25, 0.3) is 0 Å². The smallest absolute Gasteiger partial charge is 0.320 e. The molecule has 0 bridgehead atoms. The average Bonchev–Trinajstić information content (AvgIpc) is 2.47. The van der Waals surface area contributed by atoms with E-state index in [0.29, 0.717) is 6.29 Å². The molecular weight excluding hydrogens is 366 g/mol. The molecule has 156 valence electrons. The Balaban J connectivity index is 3.08. The van der Waals surface area contributed by atoms with E-state index in [4.69, 9.17) is 9.47 Å². The van der Waals surface area contributed by atoms with Crippen LogP contribution in [0.1, 0.15) is 57.5 Å². The van der Waals surface area contributed by atoms with E-state index in [1.807, 2.05) is 0 Å². The van der Waals surface area contributed by atoms with E-state index in [1.54, 1.807) is 41.5 Å². The second-order valence-electron chi connectivity index (χ2n) is 8.44. The van der Waals surface area contributed by atoms with Gasteiger partial charge in [0.15, 0.2) is 6.29 Å².